The van der Waals surface area contributed by atoms with Gasteiger partial charge in [0.2, 0.25) is 10.0 Å². The number of hydrogen-bond acceptors (Lipinski definition) is 7. The standard InChI is InChI=1S/C21H23F2N3O6S/c1-14(19(27)25-17-6-2-3-7-18(17)32-21(22)23)31-20(28)15-8-11-26(12-9-15)33(29,30)16-5-4-10-24-13-16/h2-7,10,13-15,21H,8-9,11-12H2,1H3,(H,25,27). The number of nitrogens with one attached hydrogen (secondary N) is 1. The van der Waals surface area contributed by atoms with Crippen LogP contribution in [0, 0.1) is 5.92 Å². The smallest absolute Gasteiger partial charge is 0.387 e. The molecule has 3 rings (SSSR count). The van der Waals surface area contributed by atoms with Gasteiger partial charge in [0.25, 0.3) is 5.91 Å². The van der Waals surface area contributed by atoms with Gasteiger partial charge in [-0.15, -0.1) is 0 Å². The average molecular weight is 483 g/mol. The maximum Gasteiger partial charge on any atom is 0.387 e. The van der Waals surface area contributed by atoms with E-state index in [1.807, 2.05) is 0 Å². The van der Waals surface area contributed by atoms with Crippen LogP contribution in [-0.2, 0) is 24.3 Å². The Bertz CT molecular complexity index is 1080. The molecule has 1 aromatic carbocycles. The first-order valence-electron chi connectivity index (χ1n) is 10.1. The molecule has 1 aromatic heterocycles. The summed E-state index contributed by atoms with van der Waals surface area (Å²) in [6.07, 6.45) is 2.01. The molecule has 1 aliphatic rings. The fourth-order valence-corrected chi connectivity index (χ4v) is 4.74. The first-order chi connectivity index (χ1) is 15.7. The third-order valence-corrected chi connectivity index (χ3v) is 6.96. The lowest BCUT2D eigenvalue weighted by atomic mass is 9.98. The molecular formula is C21H23F2N3O6S. The van der Waals surface area contributed by atoms with E-state index < -0.39 is 40.5 Å². The summed E-state index contributed by atoms with van der Waals surface area (Å²) in [5.41, 5.74) is 0.0135. The minimum Gasteiger partial charge on any atom is -0.452 e. The van der Waals surface area contributed by atoms with Gasteiger partial charge in [0.05, 0.1) is 11.6 Å². The number of halogens is 2. The van der Waals surface area contributed by atoms with Crippen LogP contribution in [0.5, 0.6) is 5.75 Å². The number of alkyl halides is 2. The lowest BCUT2D eigenvalue weighted by molar-refractivity contribution is -0.158. The quantitative estimate of drug-likeness (QED) is 0.574. The monoisotopic (exact) mass is 483 g/mol. The van der Waals surface area contributed by atoms with Crippen LogP contribution >= 0.6 is 0 Å². The van der Waals surface area contributed by atoms with Crippen molar-refractivity contribution >= 4 is 27.6 Å². The van der Waals surface area contributed by atoms with Gasteiger partial charge in [0.1, 0.15) is 10.6 Å². The van der Waals surface area contributed by atoms with Gasteiger partial charge >= 0.3 is 12.6 Å². The predicted molar refractivity (Wildman–Crippen MR) is 113 cm³/mol. The van der Waals surface area contributed by atoms with E-state index in [0.717, 1.165) is 0 Å². The van der Waals surface area contributed by atoms with Crippen LogP contribution in [0.3, 0.4) is 0 Å². The van der Waals surface area contributed by atoms with Gasteiger partial charge in [-0.25, -0.2) is 8.42 Å². The number of esters is 1. The zero-order valence-electron chi connectivity index (χ0n) is 17.7. The van der Waals surface area contributed by atoms with Crippen molar-refractivity contribution in [1.29, 1.82) is 0 Å². The molecule has 2 aromatic rings. The summed E-state index contributed by atoms with van der Waals surface area (Å²) >= 11 is 0. The first-order valence-corrected chi connectivity index (χ1v) is 11.6. The molecule has 0 bridgehead atoms. The fraction of sp³-hybridized carbons (Fsp3) is 0.381. The molecule has 0 spiro atoms. The number of anilines is 1. The van der Waals surface area contributed by atoms with Crippen LogP contribution in [0.15, 0.2) is 53.7 Å². The van der Waals surface area contributed by atoms with Crippen molar-refractivity contribution in [3.63, 3.8) is 0 Å². The van der Waals surface area contributed by atoms with E-state index in [0.29, 0.717) is 0 Å². The molecule has 12 heteroatoms. The summed E-state index contributed by atoms with van der Waals surface area (Å²) in [5.74, 6) is -2.14. The Morgan fingerprint density at radius 2 is 1.85 bits per heavy atom. The molecule has 9 nitrogen and oxygen atoms in total. The second kappa shape index (κ2) is 10.7. The van der Waals surface area contributed by atoms with Crippen LogP contribution < -0.4 is 10.1 Å². The van der Waals surface area contributed by atoms with Crippen LogP contribution in [0.1, 0.15) is 19.8 Å². The minimum atomic E-state index is -3.71. The number of carbonyl (C=O) groups is 2. The Morgan fingerprint density at radius 3 is 2.48 bits per heavy atom. The van der Waals surface area contributed by atoms with E-state index >= 15 is 0 Å². The highest BCUT2D eigenvalue weighted by Crippen LogP contribution is 2.27. The third kappa shape index (κ3) is 6.23. The van der Waals surface area contributed by atoms with Crippen molar-refractivity contribution in [2.45, 2.75) is 37.4 Å². The largest absolute Gasteiger partial charge is 0.452 e. The fourth-order valence-electron chi connectivity index (χ4n) is 3.31. The van der Waals surface area contributed by atoms with Gasteiger partial charge in [-0.2, -0.15) is 13.1 Å². The summed E-state index contributed by atoms with van der Waals surface area (Å²) < 4.78 is 61.2. The number of hydrogen-bond donors (Lipinski definition) is 1. The molecule has 1 amide bonds. The van der Waals surface area contributed by atoms with E-state index in [-0.39, 0.29) is 42.3 Å². The number of sulfonamides is 1. The topological polar surface area (TPSA) is 115 Å². The number of piperidine rings is 1. The zero-order valence-corrected chi connectivity index (χ0v) is 18.5. The molecule has 1 atom stereocenters. The molecule has 178 valence electrons. The van der Waals surface area contributed by atoms with Crippen molar-refractivity contribution in [2.75, 3.05) is 18.4 Å². The van der Waals surface area contributed by atoms with Gasteiger partial charge in [0, 0.05) is 25.5 Å². The Labute approximate surface area is 189 Å². The summed E-state index contributed by atoms with van der Waals surface area (Å²) in [6.45, 7) is -1.47. The van der Waals surface area contributed by atoms with E-state index in [4.69, 9.17) is 4.74 Å². The predicted octanol–water partition coefficient (Wildman–Crippen LogP) is 2.65. The second-order valence-electron chi connectivity index (χ2n) is 7.31. The van der Waals surface area contributed by atoms with Crippen molar-refractivity contribution in [2.24, 2.45) is 5.92 Å². The molecule has 1 saturated heterocycles. The molecular weight excluding hydrogens is 460 g/mol. The van der Waals surface area contributed by atoms with Crippen molar-refractivity contribution in [3.8, 4) is 5.75 Å². The highest BCUT2D eigenvalue weighted by Gasteiger charge is 2.34. The van der Waals surface area contributed by atoms with E-state index in [1.165, 1.54) is 60.0 Å². The molecule has 0 saturated carbocycles. The lowest BCUT2D eigenvalue weighted by Gasteiger charge is -2.30. The number of carbonyl (C=O) groups excluding carboxylic acids is 2. The maximum absolute atomic E-state index is 12.7. The average Bonchev–Trinajstić information content (AvgIpc) is 2.80. The van der Waals surface area contributed by atoms with Gasteiger partial charge in [-0.1, -0.05) is 12.1 Å². The van der Waals surface area contributed by atoms with Crippen molar-refractivity contribution in [3.05, 3.63) is 48.8 Å². The second-order valence-corrected chi connectivity index (χ2v) is 9.25. The van der Waals surface area contributed by atoms with Gasteiger partial charge in [-0.3, -0.25) is 14.6 Å². The van der Waals surface area contributed by atoms with Gasteiger partial charge in [-0.05, 0) is 44.0 Å². The molecule has 1 fully saturated rings. The van der Waals surface area contributed by atoms with Crippen LogP contribution in [0.2, 0.25) is 0 Å². The molecule has 1 N–H and O–H groups in total. The zero-order chi connectivity index (χ0) is 24.0. The summed E-state index contributed by atoms with van der Waals surface area (Å²) in [5, 5.41) is 2.40. The first kappa shape index (κ1) is 24.5. The maximum atomic E-state index is 12.7. The molecule has 2 heterocycles. The van der Waals surface area contributed by atoms with Crippen LogP contribution in [-0.4, -0.2) is 55.4 Å². The Hall–Kier alpha value is -3.12. The number of amides is 1. The highest BCUT2D eigenvalue weighted by molar-refractivity contribution is 7.89. The number of pyridine rings is 1. The van der Waals surface area contributed by atoms with E-state index in [1.54, 1.807) is 0 Å². The SMILES string of the molecule is CC(OC(=O)C1CCN(S(=O)(=O)c2cccnc2)CC1)C(=O)Nc1ccccc1OC(F)F. The highest BCUT2D eigenvalue weighted by atomic mass is 32.2. The Kier molecular flexibility index (Phi) is 7.92. The Balaban J connectivity index is 1.53. The molecule has 0 aliphatic carbocycles. The van der Waals surface area contributed by atoms with E-state index in [2.05, 4.69) is 15.0 Å². The summed E-state index contributed by atoms with van der Waals surface area (Å²) in [4.78, 5) is 28.8. The van der Waals surface area contributed by atoms with Gasteiger partial charge < -0.3 is 14.8 Å². The number of para-hydroxylation sites is 2. The van der Waals surface area contributed by atoms with Gasteiger partial charge in [0.15, 0.2) is 6.10 Å². The molecule has 1 unspecified atom stereocenters. The van der Waals surface area contributed by atoms with Crippen LogP contribution in [0.25, 0.3) is 0 Å². The molecule has 1 aliphatic heterocycles. The van der Waals surface area contributed by atoms with Crippen molar-refractivity contribution < 1.29 is 36.3 Å². The normalized spacial score (nSPS) is 16.2. The third-order valence-electron chi connectivity index (χ3n) is 5.08. The van der Waals surface area contributed by atoms with Crippen LogP contribution in [0.4, 0.5) is 14.5 Å². The van der Waals surface area contributed by atoms with E-state index in [9.17, 15) is 26.8 Å². The number of aromatic nitrogens is 1. The number of rotatable bonds is 8. The lowest BCUT2D eigenvalue weighted by Crippen LogP contribution is -2.41. The molecule has 0 radical (unpaired) electrons. The Morgan fingerprint density at radius 1 is 1.15 bits per heavy atom. The number of nitrogens with zero attached hydrogens (tertiary/aromatic N) is 2. The minimum absolute atomic E-state index is 0.0135. The van der Waals surface area contributed by atoms with Crippen molar-refractivity contribution in [1.82, 2.24) is 9.29 Å². The number of benzene rings is 1. The summed E-state index contributed by atoms with van der Waals surface area (Å²) in [6, 6.07) is 8.62. The number of ether oxygens (including phenoxy) is 2. The summed E-state index contributed by atoms with van der Waals surface area (Å²) in [7, 11) is -3.71. The molecule has 33 heavy (non-hydrogen) atoms.